The number of carbonyl (C=O) groups is 2. The molecule has 0 saturated carbocycles. The molecule has 0 aliphatic rings. The van der Waals surface area contributed by atoms with E-state index in [4.69, 9.17) is 13.8 Å². The van der Waals surface area contributed by atoms with Crippen molar-refractivity contribution in [2.24, 2.45) is 0 Å². The molecule has 2 unspecified atom stereocenters. The van der Waals surface area contributed by atoms with Crippen LogP contribution in [0.25, 0.3) is 0 Å². The molecule has 0 aliphatic heterocycles. The highest BCUT2D eigenvalue weighted by Crippen LogP contribution is 2.42. The zero-order chi connectivity index (χ0) is 31.2. The lowest BCUT2D eigenvalue weighted by Crippen LogP contribution is -2.27. The van der Waals surface area contributed by atoms with Gasteiger partial charge in [-0.2, -0.15) is 0 Å². The third-order valence-electron chi connectivity index (χ3n) is 7.26. The number of unbranched alkanes of at least 4 members (excludes halogenated alkanes) is 19. The zero-order valence-corrected chi connectivity index (χ0v) is 27.9. The molecule has 2 atom stereocenters. The predicted molar refractivity (Wildman–Crippen MR) is 169 cm³/mol. The van der Waals surface area contributed by atoms with Gasteiger partial charge in [-0.15, -0.1) is 0 Å². The fourth-order valence-corrected chi connectivity index (χ4v) is 5.47. The molecule has 0 rings (SSSR count). The molecule has 42 heavy (non-hydrogen) atoms. The van der Waals surface area contributed by atoms with E-state index in [2.05, 4.69) is 12.2 Å². The Balaban J connectivity index is 3.43. The molecule has 10 heteroatoms. The summed E-state index contributed by atoms with van der Waals surface area (Å²) in [5.41, 5.74) is 0. The van der Waals surface area contributed by atoms with Crippen molar-refractivity contribution in [3.05, 3.63) is 0 Å². The first-order valence-electron chi connectivity index (χ1n) is 17.0. The predicted octanol–water partition coefficient (Wildman–Crippen LogP) is 8.15. The average molecular weight is 622 g/mol. The summed E-state index contributed by atoms with van der Waals surface area (Å²) >= 11 is 0. The summed E-state index contributed by atoms with van der Waals surface area (Å²) in [5, 5.41) is 12.4. The minimum Gasteiger partial charge on any atom is -0.463 e. The van der Waals surface area contributed by atoms with E-state index in [1.807, 2.05) is 6.92 Å². The van der Waals surface area contributed by atoms with E-state index in [0.29, 0.717) is 12.8 Å². The number of phosphoric acid groups is 1. The largest absolute Gasteiger partial charge is 0.472 e. The maximum absolute atomic E-state index is 11.9. The van der Waals surface area contributed by atoms with Crippen LogP contribution < -0.4 is 5.32 Å². The zero-order valence-electron chi connectivity index (χ0n) is 27.0. The normalized spacial score (nSPS) is 13.5. The standard InChI is InChI=1S/C32H64NO8P/c1-3-5-6-7-8-9-10-11-12-13-14-15-16-17-18-19-20-21-22-23-25-31(35)33-26-27-40-42(37,38)41-29-30(34)28-39-32(36)24-4-2/h30,34H,3-29H2,1-2H3,(H,33,35)(H,37,38). The number of phosphoric ester groups is 1. The number of aliphatic hydroxyl groups excluding tert-OH is 1. The first kappa shape index (κ1) is 41.0. The van der Waals surface area contributed by atoms with Crippen molar-refractivity contribution < 1.29 is 37.9 Å². The fourth-order valence-electron chi connectivity index (χ4n) is 4.71. The maximum atomic E-state index is 11.9. The highest BCUT2D eigenvalue weighted by Gasteiger charge is 2.23. The van der Waals surface area contributed by atoms with E-state index < -0.39 is 26.5 Å². The van der Waals surface area contributed by atoms with Gasteiger partial charge in [0.2, 0.25) is 5.91 Å². The van der Waals surface area contributed by atoms with E-state index in [0.717, 1.165) is 19.3 Å². The van der Waals surface area contributed by atoms with E-state index >= 15 is 0 Å². The molecule has 250 valence electrons. The minimum absolute atomic E-state index is 0.0864. The van der Waals surface area contributed by atoms with Crippen LogP contribution >= 0.6 is 7.82 Å². The second kappa shape index (κ2) is 30.1. The summed E-state index contributed by atoms with van der Waals surface area (Å²) in [6.07, 6.45) is 26.4. The van der Waals surface area contributed by atoms with Gasteiger partial charge >= 0.3 is 13.8 Å². The fraction of sp³-hybridized carbons (Fsp3) is 0.938. The van der Waals surface area contributed by atoms with Crippen molar-refractivity contribution >= 4 is 19.7 Å². The summed E-state index contributed by atoms with van der Waals surface area (Å²) in [5.74, 6) is -0.565. The molecule has 0 fully saturated rings. The van der Waals surface area contributed by atoms with E-state index in [1.165, 1.54) is 109 Å². The molecule has 0 bridgehead atoms. The number of amides is 1. The van der Waals surface area contributed by atoms with Crippen LogP contribution in [-0.4, -0.2) is 54.3 Å². The number of esters is 1. The number of hydrogen-bond donors (Lipinski definition) is 3. The highest BCUT2D eigenvalue weighted by atomic mass is 31.2. The van der Waals surface area contributed by atoms with Gasteiger partial charge in [-0.05, 0) is 12.8 Å². The van der Waals surface area contributed by atoms with Crippen molar-refractivity contribution in [3.8, 4) is 0 Å². The van der Waals surface area contributed by atoms with Crippen molar-refractivity contribution in [3.63, 3.8) is 0 Å². The number of nitrogens with one attached hydrogen (secondary N) is 1. The Morgan fingerprint density at radius 1 is 0.643 bits per heavy atom. The lowest BCUT2D eigenvalue weighted by atomic mass is 10.0. The van der Waals surface area contributed by atoms with Gasteiger partial charge in [0, 0.05) is 19.4 Å². The summed E-state index contributed by atoms with van der Waals surface area (Å²) in [7, 11) is -4.38. The van der Waals surface area contributed by atoms with E-state index in [9.17, 15) is 24.2 Å². The lowest BCUT2D eigenvalue weighted by molar-refractivity contribution is -0.147. The van der Waals surface area contributed by atoms with Crippen LogP contribution in [0.3, 0.4) is 0 Å². The molecule has 0 aromatic heterocycles. The number of hydrogen-bond acceptors (Lipinski definition) is 7. The molecule has 0 radical (unpaired) electrons. The van der Waals surface area contributed by atoms with Crippen molar-refractivity contribution in [2.75, 3.05) is 26.4 Å². The van der Waals surface area contributed by atoms with Crippen LogP contribution in [0.1, 0.15) is 162 Å². The lowest BCUT2D eigenvalue weighted by Gasteiger charge is -2.15. The molecule has 0 aliphatic carbocycles. The summed E-state index contributed by atoms with van der Waals surface area (Å²) < 4.78 is 26.2. The second-order valence-corrected chi connectivity index (χ2v) is 13.0. The highest BCUT2D eigenvalue weighted by molar-refractivity contribution is 7.47. The van der Waals surface area contributed by atoms with Gasteiger partial charge in [0.1, 0.15) is 12.7 Å². The van der Waals surface area contributed by atoms with Crippen molar-refractivity contribution in [1.82, 2.24) is 5.32 Å². The van der Waals surface area contributed by atoms with Crippen LogP contribution in [0.4, 0.5) is 0 Å². The number of ether oxygens (including phenoxy) is 1. The van der Waals surface area contributed by atoms with Gasteiger partial charge in [-0.3, -0.25) is 18.6 Å². The molecule has 3 N–H and O–H groups in total. The van der Waals surface area contributed by atoms with Crippen molar-refractivity contribution in [2.45, 2.75) is 168 Å². The molecule has 0 aromatic carbocycles. The molecule has 0 saturated heterocycles. The van der Waals surface area contributed by atoms with E-state index in [-0.39, 0.29) is 32.1 Å². The Hall–Kier alpha value is -0.990. The number of rotatable bonds is 32. The van der Waals surface area contributed by atoms with Crippen molar-refractivity contribution in [1.29, 1.82) is 0 Å². The Morgan fingerprint density at radius 2 is 1.10 bits per heavy atom. The van der Waals surface area contributed by atoms with Crippen LogP contribution in [0, 0.1) is 0 Å². The second-order valence-electron chi connectivity index (χ2n) is 11.5. The summed E-state index contributed by atoms with van der Waals surface area (Å²) in [4.78, 5) is 32.9. The monoisotopic (exact) mass is 621 g/mol. The number of carbonyl (C=O) groups excluding carboxylic acids is 2. The molecular weight excluding hydrogens is 557 g/mol. The average Bonchev–Trinajstić information content (AvgIpc) is 2.96. The van der Waals surface area contributed by atoms with Crippen LogP contribution in [0.2, 0.25) is 0 Å². The van der Waals surface area contributed by atoms with Crippen LogP contribution in [-0.2, 0) is 27.9 Å². The van der Waals surface area contributed by atoms with Gasteiger partial charge in [0.15, 0.2) is 0 Å². The Morgan fingerprint density at radius 3 is 1.55 bits per heavy atom. The van der Waals surface area contributed by atoms with Gasteiger partial charge in [0.25, 0.3) is 0 Å². The first-order chi connectivity index (χ1) is 20.3. The molecule has 0 heterocycles. The van der Waals surface area contributed by atoms with Gasteiger partial charge in [-0.25, -0.2) is 4.57 Å². The Labute approximate surface area is 256 Å². The Kier molecular flexibility index (Phi) is 29.3. The first-order valence-corrected chi connectivity index (χ1v) is 18.5. The smallest absolute Gasteiger partial charge is 0.463 e. The summed E-state index contributed by atoms with van der Waals surface area (Å²) in [6.45, 7) is 3.15. The SMILES string of the molecule is CCCCCCCCCCCCCCCCCCCCCCC(=O)NCCOP(=O)(O)OCC(O)COC(=O)CCC. The maximum Gasteiger partial charge on any atom is 0.472 e. The topological polar surface area (TPSA) is 131 Å². The molecular formula is C32H64NO8P. The molecule has 0 spiro atoms. The Bertz CT molecular complexity index is 679. The number of aliphatic hydroxyl groups is 1. The van der Waals surface area contributed by atoms with Gasteiger partial charge in [-0.1, -0.05) is 136 Å². The third-order valence-corrected chi connectivity index (χ3v) is 8.24. The molecule has 1 amide bonds. The molecule has 9 nitrogen and oxygen atoms in total. The van der Waals surface area contributed by atoms with Crippen LogP contribution in [0.5, 0.6) is 0 Å². The molecule has 0 aromatic rings. The van der Waals surface area contributed by atoms with E-state index in [1.54, 1.807) is 0 Å². The third kappa shape index (κ3) is 30.5. The quantitative estimate of drug-likeness (QED) is 0.0390. The van der Waals surface area contributed by atoms with Crippen LogP contribution in [0.15, 0.2) is 0 Å². The van der Waals surface area contributed by atoms with Gasteiger partial charge < -0.3 is 20.1 Å². The van der Waals surface area contributed by atoms with Gasteiger partial charge in [0.05, 0.1) is 13.2 Å². The summed E-state index contributed by atoms with van der Waals surface area (Å²) in [6, 6.07) is 0. The minimum atomic E-state index is -4.38.